The molecule has 4 aromatic rings. The van der Waals surface area contributed by atoms with Crippen LogP contribution < -0.4 is 15.1 Å². The first kappa shape index (κ1) is 22.2. The normalized spacial score (nSPS) is 13.6. The summed E-state index contributed by atoms with van der Waals surface area (Å²) in [6.45, 7) is 4.93. The maximum Gasteiger partial charge on any atom is 0.270 e. The summed E-state index contributed by atoms with van der Waals surface area (Å²) >= 11 is 6.08. The number of halogens is 2. The van der Waals surface area contributed by atoms with Crippen LogP contribution >= 0.6 is 11.6 Å². The van der Waals surface area contributed by atoms with E-state index in [1.165, 1.54) is 12.1 Å². The van der Waals surface area contributed by atoms with E-state index in [4.69, 9.17) is 11.6 Å². The van der Waals surface area contributed by atoms with Gasteiger partial charge in [-0.25, -0.2) is 9.37 Å². The molecular formula is C26H25ClFN5O. The Morgan fingerprint density at radius 2 is 1.68 bits per heavy atom. The molecule has 2 aromatic heterocycles. The van der Waals surface area contributed by atoms with E-state index in [1.807, 2.05) is 31.2 Å². The number of hydrogen-bond donors (Lipinski definition) is 1. The summed E-state index contributed by atoms with van der Waals surface area (Å²) < 4.78 is 15.0. The van der Waals surface area contributed by atoms with E-state index in [9.17, 15) is 9.18 Å². The molecule has 0 unspecified atom stereocenters. The van der Waals surface area contributed by atoms with Gasteiger partial charge in [-0.15, -0.1) is 0 Å². The van der Waals surface area contributed by atoms with E-state index in [0.717, 1.165) is 42.4 Å². The van der Waals surface area contributed by atoms with Crippen LogP contribution in [0.1, 0.15) is 28.7 Å². The highest BCUT2D eigenvalue weighted by atomic mass is 35.5. The first-order valence-corrected chi connectivity index (χ1v) is 11.7. The third-order valence-corrected chi connectivity index (χ3v) is 6.37. The Hall–Kier alpha value is -3.58. The summed E-state index contributed by atoms with van der Waals surface area (Å²) in [5, 5.41) is 3.61. The first-order chi connectivity index (χ1) is 16.5. The van der Waals surface area contributed by atoms with E-state index in [-0.39, 0.29) is 11.7 Å². The van der Waals surface area contributed by atoms with Gasteiger partial charge in [0.15, 0.2) is 0 Å². The van der Waals surface area contributed by atoms with Gasteiger partial charge in [0.2, 0.25) is 0 Å². The Bertz CT molecular complexity index is 1320. The molecular weight excluding hydrogens is 453 g/mol. The number of aryl methyl sites for hydroxylation is 1. The number of hydrogen-bond acceptors (Lipinski definition) is 4. The van der Waals surface area contributed by atoms with Crippen LogP contribution in [0.2, 0.25) is 5.02 Å². The average molecular weight is 478 g/mol. The monoisotopic (exact) mass is 477 g/mol. The molecule has 0 radical (unpaired) electrons. The lowest BCUT2D eigenvalue weighted by molar-refractivity contribution is 0.0944. The summed E-state index contributed by atoms with van der Waals surface area (Å²) in [6, 6.07) is 18.3. The van der Waals surface area contributed by atoms with Crippen LogP contribution in [-0.4, -0.2) is 35.1 Å². The van der Waals surface area contributed by atoms with E-state index in [2.05, 4.69) is 32.2 Å². The third kappa shape index (κ3) is 4.43. The minimum absolute atomic E-state index is 0.162. The Labute approximate surface area is 202 Å². The summed E-state index contributed by atoms with van der Waals surface area (Å²) in [6.07, 6.45) is 2.43. The number of carbonyl (C=O) groups excluding carboxylic acids is 1. The highest BCUT2D eigenvalue weighted by molar-refractivity contribution is 6.30. The lowest BCUT2D eigenvalue weighted by Crippen LogP contribution is -2.26. The summed E-state index contributed by atoms with van der Waals surface area (Å²) in [5.41, 5.74) is 5.11. The van der Waals surface area contributed by atoms with Crippen LogP contribution in [0.4, 0.5) is 15.8 Å². The number of nitrogens with zero attached hydrogens (tertiary/aromatic N) is 4. The number of amides is 1. The Morgan fingerprint density at radius 3 is 2.32 bits per heavy atom. The van der Waals surface area contributed by atoms with Crippen molar-refractivity contribution in [2.45, 2.75) is 19.9 Å². The minimum Gasteiger partial charge on any atom is -0.352 e. The van der Waals surface area contributed by atoms with Gasteiger partial charge in [0.1, 0.15) is 17.2 Å². The van der Waals surface area contributed by atoms with Gasteiger partial charge >= 0.3 is 0 Å². The fourth-order valence-electron chi connectivity index (χ4n) is 4.31. The third-order valence-electron chi connectivity index (χ3n) is 6.14. The second-order valence-electron chi connectivity index (χ2n) is 8.33. The quantitative estimate of drug-likeness (QED) is 0.429. The van der Waals surface area contributed by atoms with Crippen molar-refractivity contribution in [1.29, 1.82) is 0 Å². The molecule has 1 N–H and O–H groups in total. The van der Waals surface area contributed by atoms with Crippen molar-refractivity contribution in [1.82, 2.24) is 14.7 Å². The Balaban J connectivity index is 1.23. The fraction of sp³-hybridized carbons (Fsp3) is 0.231. The number of aromatic nitrogens is 2. The molecule has 0 aliphatic carbocycles. The number of fused-ring (bicyclic) bond motifs is 1. The van der Waals surface area contributed by atoms with Gasteiger partial charge in [-0.05, 0) is 54.4 Å². The second kappa shape index (κ2) is 9.35. The van der Waals surface area contributed by atoms with Gasteiger partial charge in [-0.1, -0.05) is 30.7 Å². The molecule has 1 fully saturated rings. The molecule has 6 nitrogen and oxygen atoms in total. The standard InChI is InChI=1S/C26H25ClFN5O/c1-2-23-25(33-12-11-19(27)15-24(33)30-23)26(34)29-16-18-3-7-21(8-4-18)31-13-14-32(17-31)22-9-5-20(28)6-10-22/h3-12,15H,2,13-14,16-17H2,1H3,(H,29,34). The Kier molecular flexibility index (Phi) is 6.11. The number of benzene rings is 2. The number of pyridine rings is 1. The van der Waals surface area contributed by atoms with Crippen molar-refractivity contribution in [3.05, 3.63) is 94.7 Å². The fourth-order valence-corrected chi connectivity index (χ4v) is 4.46. The number of rotatable bonds is 6. The number of anilines is 2. The van der Waals surface area contributed by atoms with Crippen LogP contribution in [-0.2, 0) is 13.0 Å². The van der Waals surface area contributed by atoms with Crippen LogP contribution in [0, 0.1) is 5.82 Å². The first-order valence-electron chi connectivity index (χ1n) is 11.3. The van der Waals surface area contributed by atoms with Crippen LogP contribution in [0.25, 0.3) is 5.65 Å². The Morgan fingerprint density at radius 1 is 1.03 bits per heavy atom. The summed E-state index contributed by atoms with van der Waals surface area (Å²) in [7, 11) is 0. The van der Waals surface area contributed by atoms with Crippen LogP contribution in [0.5, 0.6) is 0 Å². The summed E-state index contributed by atoms with van der Waals surface area (Å²) in [5.74, 6) is -0.385. The zero-order valence-corrected chi connectivity index (χ0v) is 19.6. The zero-order chi connectivity index (χ0) is 23.7. The molecule has 2 aromatic carbocycles. The van der Waals surface area contributed by atoms with E-state index >= 15 is 0 Å². The van der Waals surface area contributed by atoms with Gasteiger partial charge in [-0.2, -0.15) is 0 Å². The van der Waals surface area contributed by atoms with Gasteiger partial charge in [0, 0.05) is 48.3 Å². The lowest BCUT2D eigenvalue weighted by Gasteiger charge is -2.21. The molecule has 0 spiro atoms. The zero-order valence-electron chi connectivity index (χ0n) is 18.8. The smallest absolute Gasteiger partial charge is 0.270 e. The molecule has 0 atom stereocenters. The molecule has 0 saturated carbocycles. The van der Waals surface area contributed by atoms with Crippen molar-refractivity contribution in [3.8, 4) is 0 Å². The van der Waals surface area contributed by atoms with Crippen LogP contribution in [0.15, 0.2) is 66.9 Å². The maximum absolute atomic E-state index is 13.2. The highest BCUT2D eigenvalue weighted by Crippen LogP contribution is 2.24. The molecule has 174 valence electrons. The molecule has 3 heterocycles. The van der Waals surface area contributed by atoms with Gasteiger partial charge in [0.25, 0.3) is 5.91 Å². The maximum atomic E-state index is 13.2. The topological polar surface area (TPSA) is 52.9 Å². The minimum atomic E-state index is -0.223. The highest BCUT2D eigenvalue weighted by Gasteiger charge is 2.21. The predicted octanol–water partition coefficient (Wildman–Crippen LogP) is 4.90. The molecule has 1 aliphatic rings. The lowest BCUT2D eigenvalue weighted by atomic mass is 10.2. The molecule has 8 heteroatoms. The van der Waals surface area contributed by atoms with Gasteiger partial charge in [0.05, 0.1) is 12.4 Å². The SMILES string of the molecule is CCc1nc2cc(Cl)ccn2c1C(=O)NCc1ccc(N2CCN(c3ccc(F)cc3)C2)cc1. The summed E-state index contributed by atoms with van der Waals surface area (Å²) in [4.78, 5) is 22.0. The number of imidazole rings is 1. The number of nitrogens with one attached hydrogen (secondary N) is 1. The number of carbonyl (C=O) groups is 1. The van der Waals surface area contributed by atoms with Crippen molar-refractivity contribution in [2.75, 3.05) is 29.6 Å². The second-order valence-corrected chi connectivity index (χ2v) is 8.76. The molecule has 34 heavy (non-hydrogen) atoms. The molecule has 5 rings (SSSR count). The van der Waals surface area contributed by atoms with Crippen molar-refractivity contribution in [3.63, 3.8) is 0 Å². The predicted molar refractivity (Wildman–Crippen MR) is 133 cm³/mol. The van der Waals surface area contributed by atoms with Gasteiger partial charge < -0.3 is 15.1 Å². The van der Waals surface area contributed by atoms with E-state index in [1.54, 1.807) is 22.7 Å². The molecule has 0 bridgehead atoms. The molecule has 1 saturated heterocycles. The van der Waals surface area contributed by atoms with E-state index < -0.39 is 0 Å². The van der Waals surface area contributed by atoms with Crippen molar-refractivity contribution >= 4 is 34.5 Å². The van der Waals surface area contributed by atoms with Crippen LogP contribution in [0.3, 0.4) is 0 Å². The van der Waals surface area contributed by atoms with E-state index in [0.29, 0.717) is 29.3 Å². The van der Waals surface area contributed by atoms with Crippen molar-refractivity contribution in [2.24, 2.45) is 0 Å². The molecule has 1 amide bonds. The molecule has 1 aliphatic heterocycles. The largest absolute Gasteiger partial charge is 0.352 e. The van der Waals surface area contributed by atoms with Gasteiger partial charge in [-0.3, -0.25) is 9.20 Å². The average Bonchev–Trinajstić information content (AvgIpc) is 3.48. The van der Waals surface area contributed by atoms with Crippen molar-refractivity contribution < 1.29 is 9.18 Å².